The van der Waals surface area contributed by atoms with Crippen molar-refractivity contribution in [1.29, 1.82) is 0 Å². The van der Waals surface area contributed by atoms with Gasteiger partial charge >= 0.3 is 0 Å². The molecule has 11 heteroatoms. The summed E-state index contributed by atoms with van der Waals surface area (Å²) in [4.78, 5) is 29.0. The van der Waals surface area contributed by atoms with Crippen LogP contribution in [0.3, 0.4) is 0 Å². The lowest BCUT2D eigenvalue weighted by Gasteiger charge is -2.41. The van der Waals surface area contributed by atoms with Gasteiger partial charge in [0.1, 0.15) is 5.69 Å². The SMILES string of the molecule is C[C@H]1CN(c2cc(N3CCOCC3)c(F)cc2[N+](=O)[O-])CCN1C(=O)COc1ccccc1F. The Kier molecular flexibility index (Phi) is 7.11. The van der Waals surface area contributed by atoms with Crippen LogP contribution in [0.5, 0.6) is 5.75 Å². The fourth-order valence-corrected chi connectivity index (χ4v) is 4.32. The highest BCUT2D eigenvalue weighted by molar-refractivity contribution is 5.79. The number of piperazine rings is 1. The van der Waals surface area contributed by atoms with Gasteiger partial charge in [0.2, 0.25) is 0 Å². The number of morpholine rings is 1. The molecule has 2 aliphatic heterocycles. The van der Waals surface area contributed by atoms with Gasteiger partial charge in [0.05, 0.1) is 29.9 Å². The molecule has 34 heavy (non-hydrogen) atoms. The number of halogens is 2. The summed E-state index contributed by atoms with van der Waals surface area (Å²) in [6.07, 6.45) is 0. The van der Waals surface area contributed by atoms with E-state index >= 15 is 0 Å². The normalized spacial score (nSPS) is 18.7. The van der Waals surface area contributed by atoms with Crippen LogP contribution in [0.2, 0.25) is 0 Å². The van der Waals surface area contributed by atoms with Crippen molar-refractivity contribution < 1.29 is 28.0 Å². The van der Waals surface area contributed by atoms with Crippen LogP contribution >= 0.6 is 0 Å². The van der Waals surface area contributed by atoms with E-state index in [4.69, 9.17) is 9.47 Å². The summed E-state index contributed by atoms with van der Waals surface area (Å²) in [5.41, 5.74) is 0.298. The van der Waals surface area contributed by atoms with Crippen molar-refractivity contribution in [3.8, 4) is 5.75 Å². The molecule has 2 fully saturated rings. The van der Waals surface area contributed by atoms with Crippen LogP contribution in [-0.4, -0.2) is 74.3 Å². The van der Waals surface area contributed by atoms with Gasteiger partial charge in [0.25, 0.3) is 11.6 Å². The lowest BCUT2D eigenvalue weighted by Crippen LogP contribution is -2.55. The van der Waals surface area contributed by atoms with Gasteiger partial charge in [0, 0.05) is 38.8 Å². The number of amides is 1. The number of ether oxygens (including phenoxy) is 2. The second-order valence-corrected chi connectivity index (χ2v) is 8.25. The third-order valence-corrected chi connectivity index (χ3v) is 6.07. The maximum atomic E-state index is 14.7. The second-order valence-electron chi connectivity index (χ2n) is 8.25. The Bertz CT molecular complexity index is 1060. The Morgan fingerprint density at radius 2 is 1.82 bits per heavy atom. The third-order valence-electron chi connectivity index (χ3n) is 6.07. The van der Waals surface area contributed by atoms with Crippen molar-refractivity contribution >= 4 is 23.0 Å². The van der Waals surface area contributed by atoms with Crippen molar-refractivity contribution in [3.05, 3.63) is 58.1 Å². The molecule has 2 aliphatic rings. The molecule has 0 aromatic heterocycles. The van der Waals surface area contributed by atoms with Gasteiger partial charge in [0.15, 0.2) is 24.0 Å². The first-order chi connectivity index (χ1) is 16.3. The van der Waals surface area contributed by atoms with Gasteiger partial charge in [-0.1, -0.05) is 12.1 Å². The first-order valence-corrected chi connectivity index (χ1v) is 11.1. The van der Waals surface area contributed by atoms with E-state index in [0.717, 1.165) is 6.07 Å². The van der Waals surface area contributed by atoms with E-state index in [9.17, 15) is 23.7 Å². The lowest BCUT2D eigenvalue weighted by molar-refractivity contribution is -0.384. The van der Waals surface area contributed by atoms with Crippen molar-refractivity contribution in [3.63, 3.8) is 0 Å². The van der Waals surface area contributed by atoms with Crippen LogP contribution in [0.1, 0.15) is 6.92 Å². The van der Waals surface area contributed by atoms with Crippen LogP contribution < -0.4 is 14.5 Å². The number of benzene rings is 2. The highest BCUT2D eigenvalue weighted by Gasteiger charge is 2.32. The van der Waals surface area contributed by atoms with E-state index in [0.29, 0.717) is 57.3 Å². The molecule has 9 nitrogen and oxygen atoms in total. The summed E-state index contributed by atoms with van der Waals surface area (Å²) in [6.45, 7) is 4.35. The van der Waals surface area contributed by atoms with Crippen molar-refractivity contribution in [2.45, 2.75) is 13.0 Å². The molecule has 2 aromatic rings. The molecule has 2 heterocycles. The number of nitro benzene ring substituents is 1. The van der Waals surface area contributed by atoms with Crippen LogP contribution in [0, 0.1) is 21.7 Å². The zero-order valence-corrected chi connectivity index (χ0v) is 18.8. The minimum atomic E-state index is -0.649. The average Bonchev–Trinajstić information content (AvgIpc) is 2.83. The molecule has 0 aliphatic carbocycles. The molecule has 0 saturated carbocycles. The number of anilines is 2. The van der Waals surface area contributed by atoms with Gasteiger partial charge in [-0.25, -0.2) is 8.78 Å². The quantitative estimate of drug-likeness (QED) is 0.468. The minimum absolute atomic E-state index is 0.000261. The molecule has 2 aromatic carbocycles. The number of carbonyl (C=O) groups excluding carboxylic acids is 1. The van der Waals surface area contributed by atoms with E-state index in [2.05, 4.69) is 0 Å². The van der Waals surface area contributed by atoms with Crippen LogP contribution in [0.15, 0.2) is 36.4 Å². The number of para-hydroxylation sites is 1. The maximum absolute atomic E-state index is 14.7. The molecule has 0 N–H and O–H groups in total. The van der Waals surface area contributed by atoms with Gasteiger partial charge in [-0.3, -0.25) is 14.9 Å². The third kappa shape index (κ3) is 5.04. The highest BCUT2D eigenvalue weighted by Crippen LogP contribution is 2.36. The summed E-state index contributed by atoms with van der Waals surface area (Å²) in [5, 5.41) is 11.7. The topological polar surface area (TPSA) is 88.4 Å². The summed E-state index contributed by atoms with van der Waals surface area (Å²) >= 11 is 0. The smallest absolute Gasteiger partial charge is 0.295 e. The predicted molar refractivity (Wildman–Crippen MR) is 121 cm³/mol. The van der Waals surface area contributed by atoms with E-state index in [1.165, 1.54) is 24.3 Å². The van der Waals surface area contributed by atoms with E-state index in [1.54, 1.807) is 15.9 Å². The first-order valence-electron chi connectivity index (χ1n) is 11.1. The van der Waals surface area contributed by atoms with Crippen molar-refractivity contribution in [1.82, 2.24) is 4.90 Å². The average molecular weight is 476 g/mol. The summed E-state index contributed by atoms with van der Waals surface area (Å²) in [7, 11) is 0. The van der Waals surface area contributed by atoms with E-state index < -0.39 is 16.6 Å². The number of nitro groups is 1. The fraction of sp³-hybridized carbons (Fsp3) is 0.435. The summed E-state index contributed by atoms with van der Waals surface area (Å²) < 4.78 is 39.1. The number of hydrogen-bond acceptors (Lipinski definition) is 7. The monoisotopic (exact) mass is 476 g/mol. The first kappa shape index (κ1) is 23.7. The molecule has 4 rings (SSSR count). The second kappa shape index (κ2) is 10.2. The molecule has 182 valence electrons. The Balaban J connectivity index is 1.48. The molecular weight excluding hydrogens is 450 g/mol. The Morgan fingerprint density at radius 1 is 1.09 bits per heavy atom. The molecule has 0 bridgehead atoms. The summed E-state index contributed by atoms with van der Waals surface area (Å²) in [6, 6.07) is 8.04. The number of rotatable bonds is 6. The minimum Gasteiger partial charge on any atom is -0.481 e. The highest BCUT2D eigenvalue weighted by atomic mass is 19.1. The largest absolute Gasteiger partial charge is 0.481 e. The molecule has 0 unspecified atom stereocenters. The fourth-order valence-electron chi connectivity index (χ4n) is 4.32. The van der Waals surface area contributed by atoms with E-state index in [1.807, 2.05) is 11.8 Å². The van der Waals surface area contributed by atoms with Gasteiger partial charge in [-0.15, -0.1) is 0 Å². The Labute approximate surface area is 195 Å². The Morgan fingerprint density at radius 3 is 2.50 bits per heavy atom. The lowest BCUT2D eigenvalue weighted by atomic mass is 10.1. The number of hydrogen-bond donors (Lipinski definition) is 0. The van der Waals surface area contributed by atoms with Crippen LogP contribution in [-0.2, 0) is 9.53 Å². The molecule has 0 radical (unpaired) electrons. The standard InChI is InChI=1S/C23H26F2N4O5/c1-16-14-27(6-7-28(16)23(30)15-34-22-5-3-2-4-17(22)24)20-13-19(26-8-10-33-11-9-26)18(25)12-21(20)29(31)32/h2-5,12-13,16H,6-11,14-15H2,1H3/t16-/m0/s1. The molecular formula is C23H26F2N4O5. The number of carbonyl (C=O) groups is 1. The van der Waals surface area contributed by atoms with E-state index in [-0.39, 0.29) is 30.0 Å². The summed E-state index contributed by atoms with van der Waals surface area (Å²) in [5.74, 6) is -1.50. The maximum Gasteiger partial charge on any atom is 0.295 e. The van der Waals surface area contributed by atoms with Gasteiger partial charge in [-0.2, -0.15) is 0 Å². The predicted octanol–water partition coefficient (Wildman–Crippen LogP) is 2.83. The zero-order chi connectivity index (χ0) is 24.2. The van der Waals surface area contributed by atoms with Crippen LogP contribution in [0.4, 0.5) is 25.8 Å². The van der Waals surface area contributed by atoms with Crippen LogP contribution in [0.25, 0.3) is 0 Å². The Hall–Kier alpha value is -3.47. The molecule has 2 saturated heterocycles. The molecule has 0 spiro atoms. The van der Waals surface area contributed by atoms with Crippen molar-refractivity contribution in [2.75, 3.05) is 62.3 Å². The number of nitrogens with zero attached hydrogens (tertiary/aromatic N) is 4. The molecule has 1 amide bonds. The van der Waals surface area contributed by atoms with Gasteiger partial charge in [-0.05, 0) is 25.1 Å². The zero-order valence-electron chi connectivity index (χ0n) is 18.8. The van der Waals surface area contributed by atoms with Gasteiger partial charge < -0.3 is 24.2 Å². The van der Waals surface area contributed by atoms with Crippen molar-refractivity contribution in [2.24, 2.45) is 0 Å². The molecule has 1 atom stereocenters.